The number of aromatic nitrogens is 1. The molecule has 4 N–H and O–H groups in total. The number of methoxy groups -OCH3 is 2. The Kier molecular flexibility index (Phi) is 11.3. The molecule has 1 aromatic heterocycles. The summed E-state index contributed by atoms with van der Waals surface area (Å²) in [4.78, 5) is 4.13. The smallest absolute Gasteiger partial charge is 0.128 e. The van der Waals surface area contributed by atoms with Crippen molar-refractivity contribution >= 4 is 5.82 Å². The molecule has 10 nitrogen and oxygen atoms in total. The number of benzene rings is 3. The van der Waals surface area contributed by atoms with Crippen molar-refractivity contribution in [3.63, 3.8) is 0 Å². The van der Waals surface area contributed by atoms with Crippen molar-refractivity contribution in [2.75, 3.05) is 39.8 Å². The first-order valence-corrected chi connectivity index (χ1v) is 18.5. The van der Waals surface area contributed by atoms with Crippen LogP contribution in [0.2, 0.25) is 0 Å². The van der Waals surface area contributed by atoms with Gasteiger partial charge >= 0.3 is 0 Å². The Morgan fingerprint density at radius 3 is 2.56 bits per heavy atom. The van der Waals surface area contributed by atoms with Gasteiger partial charge < -0.3 is 44.4 Å². The Balaban J connectivity index is 1.26. The molecule has 7 rings (SSSR count). The van der Waals surface area contributed by atoms with Crippen molar-refractivity contribution in [1.82, 2.24) is 4.98 Å². The number of fused-ring (bicyclic) bond motifs is 2. The molecule has 0 radical (unpaired) electrons. The number of hydrogen-bond donors (Lipinski definition) is 3. The lowest BCUT2D eigenvalue weighted by Gasteiger charge is -2.46. The second-order valence-corrected chi connectivity index (χ2v) is 14.2. The van der Waals surface area contributed by atoms with Crippen molar-refractivity contribution in [1.29, 1.82) is 0 Å². The normalized spacial score (nSPS) is 22.6. The molecule has 1 aliphatic carbocycles. The van der Waals surface area contributed by atoms with Crippen LogP contribution in [0, 0.1) is 11.8 Å². The third kappa shape index (κ3) is 8.09. The topological polar surface area (TPSA) is 135 Å². The molecule has 3 heterocycles. The highest BCUT2D eigenvalue weighted by Gasteiger charge is 2.48. The average molecular weight is 711 g/mol. The van der Waals surface area contributed by atoms with Crippen molar-refractivity contribution in [3.05, 3.63) is 101 Å². The van der Waals surface area contributed by atoms with Gasteiger partial charge in [-0.15, -0.1) is 0 Å². The summed E-state index contributed by atoms with van der Waals surface area (Å²) < 4.78 is 38.0. The maximum atomic E-state index is 12.5. The van der Waals surface area contributed by atoms with E-state index in [4.69, 9.17) is 34.2 Å². The standard InChI is InChI=1S/C42H50N2O8/c1-47-17-6-11-37-39(42(33-23-31(48-2)12-13-36(33)52-37)49-18-15-26-14-16-44-38(43)21-26)35-25-50-41-28(19-27-7-5-8-29(45)20-27)22-32(24-34(41)40(35)46)51-30-9-3-4-10-30/h5,7-8,12-14,16,20-24,30,35,37,39-40,42,45-46H,3-4,6,9-11,15,17-19,25H2,1-2H3,(H2,43,44)/t35-,37-,39-,40-,42+/m1/s1. The molecule has 3 aliphatic rings. The van der Waals surface area contributed by atoms with Gasteiger partial charge in [0.05, 0.1) is 38.6 Å². The van der Waals surface area contributed by atoms with Gasteiger partial charge in [0.25, 0.3) is 0 Å². The number of anilines is 1. The Hall–Kier alpha value is -4.51. The second-order valence-electron chi connectivity index (χ2n) is 14.2. The summed E-state index contributed by atoms with van der Waals surface area (Å²) in [6.45, 7) is 1.27. The van der Waals surface area contributed by atoms with Crippen molar-refractivity contribution in [2.24, 2.45) is 11.8 Å². The predicted molar refractivity (Wildman–Crippen MR) is 197 cm³/mol. The maximum absolute atomic E-state index is 12.5. The van der Waals surface area contributed by atoms with E-state index in [-0.39, 0.29) is 36.4 Å². The number of nitrogen functional groups attached to an aromatic ring is 1. The first-order chi connectivity index (χ1) is 25.4. The van der Waals surface area contributed by atoms with E-state index in [9.17, 15) is 10.2 Å². The van der Waals surface area contributed by atoms with E-state index < -0.39 is 12.2 Å². The summed E-state index contributed by atoms with van der Waals surface area (Å²) in [7, 11) is 3.35. The number of rotatable bonds is 14. The van der Waals surface area contributed by atoms with Crippen LogP contribution in [0.25, 0.3) is 0 Å². The minimum absolute atomic E-state index is 0.140. The Morgan fingerprint density at radius 1 is 0.923 bits per heavy atom. The van der Waals surface area contributed by atoms with Crippen LogP contribution in [-0.4, -0.2) is 61.4 Å². The second kappa shape index (κ2) is 16.4. The number of phenols is 1. The molecule has 4 aromatic rings. The van der Waals surface area contributed by atoms with Gasteiger partial charge in [0, 0.05) is 54.9 Å². The Bertz CT molecular complexity index is 1810. The van der Waals surface area contributed by atoms with Crippen LogP contribution in [-0.2, 0) is 22.3 Å². The van der Waals surface area contributed by atoms with Crippen molar-refractivity contribution in [2.45, 2.75) is 75.8 Å². The maximum Gasteiger partial charge on any atom is 0.128 e. The van der Waals surface area contributed by atoms with E-state index >= 15 is 0 Å². The minimum atomic E-state index is -0.893. The van der Waals surface area contributed by atoms with E-state index in [1.807, 2.05) is 54.6 Å². The lowest BCUT2D eigenvalue weighted by Crippen LogP contribution is -2.46. The molecule has 0 bridgehead atoms. The van der Waals surface area contributed by atoms with Crippen molar-refractivity contribution < 1.29 is 38.6 Å². The highest BCUT2D eigenvalue weighted by Crippen LogP contribution is 2.52. The molecule has 0 amide bonds. The minimum Gasteiger partial charge on any atom is -0.508 e. The van der Waals surface area contributed by atoms with Crippen LogP contribution < -0.4 is 24.7 Å². The van der Waals surface area contributed by atoms with Gasteiger partial charge in [-0.05, 0) is 111 Å². The number of hydrogen-bond acceptors (Lipinski definition) is 10. The van der Waals surface area contributed by atoms with Gasteiger partial charge in [-0.3, -0.25) is 0 Å². The van der Waals surface area contributed by atoms with Crippen LogP contribution in [0.15, 0.2) is 72.9 Å². The molecule has 3 aromatic carbocycles. The van der Waals surface area contributed by atoms with Crippen LogP contribution in [0.5, 0.6) is 28.7 Å². The molecule has 0 unspecified atom stereocenters. The zero-order chi connectivity index (χ0) is 36.0. The van der Waals surface area contributed by atoms with Gasteiger partial charge in [0.2, 0.25) is 0 Å². The summed E-state index contributed by atoms with van der Waals surface area (Å²) in [6.07, 6.45) is 7.19. The third-order valence-corrected chi connectivity index (χ3v) is 10.7. The molecule has 276 valence electrons. The highest BCUT2D eigenvalue weighted by molar-refractivity contribution is 5.52. The van der Waals surface area contributed by atoms with E-state index in [0.717, 1.165) is 65.9 Å². The fourth-order valence-electron chi connectivity index (χ4n) is 8.15. The first-order valence-electron chi connectivity index (χ1n) is 18.5. The SMILES string of the molecule is COCCC[C@H]1Oc2ccc(OC)cc2[C@H](OCCc2ccnc(N)c2)[C@@H]1[C@H]1COc2c(Cc3cccc(O)c3)cc(OC3CCCC3)cc2[C@H]1O. The van der Waals surface area contributed by atoms with Gasteiger partial charge in [0.1, 0.15) is 40.7 Å². The summed E-state index contributed by atoms with van der Waals surface area (Å²) >= 11 is 0. The van der Waals surface area contributed by atoms with E-state index in [2.05, 4.69) is 4.98 Å². The number of aliphatic hydroxyl groups excluding tert-OH is 1. The van der Waals surface area contributed by atoms with E-state index in [1.54, 1.807) is 32.5 Å². The van der Waals surface area contributed by atoms with Gasteiger partial charge in [0.15, 0.2) is 0 Å². The van der Waals surface area contributed by atoms with Crippen LogP contribution in [0.4, 0.5) is 5.82 Å². The van der Waals surface area contributed by atoms with E-state index in [1.165, 1.54) is 0 Å². The zero-order valence-electron chi connectivity index (χ0n) is 30.0. The average Bonchev–Trinajstić information content (AvgIpc) is 3.65. The Labute approximate surface area is 305 Å². The number of phenolic OH excluding ortho intramolecular Hbond substituents is 1. The summed E-state index contributed by atoms with van der Waals surface area (Å²) in [5.41, 5.74) is 10.4. The molecular formula is C42H50N2O8. The van der Waals surface area contributed by atoms with Crippen LogP contribution in [0.1, 0.15) is 78.6 Å². The fourth-order valence-corrected chi connectivity index (χ4v) is 8.15. The quantitative estimate of drug-likeness (QED) is 0.116. The third-order valence-electron chi connectivity index (χ3n) is 10.7. The highest BCUT2D eigenvalue weighted by atomic mass is 16.5. The van der Waals surface area contributed by atoms with Crippen molar-refractivity contribution in [3.8, 4) is 28.7 Å². The summed E-state index contributed by atoms with van der Waals surface area (Å²) in [5.74, 6) is 2.84. The molecule has 10 heteroatoms. The molecule has 1 fully saturated rings. The number of pyridine rings is 1. The van der Waals surface area contributed by atoms with E-state index in [0.29, 0.717) is 55.4 Å². The summed E-state index contributed by atoms with van der Waals surface area (Å²) in [5, 5.41) is 22.7. The lowest BCUT2D eigenvalue weighted by atomic mass is 9.72. The number of nitrogens with zero attached hydrogens (tertiary/aromatic N) is 1. The monoisotopic (exact) mass is 710 g/mol. The predicted octanol–water partition coefficient (Wildman–Crippen LogP) is 7.14. The molecule has 0 saturated heterocycles. The molecule has 5 atom stereocenters. The number of nitrogens with two attached hydrogens (primary N) is 1. The van der Waals surface area contributed by atoms with Crippen LogP contribution >= 0.6 is 0 Å². The zero-order valence-corrected chi connectivity index (χ0v) is 30.0. The molecule has 0 spiro atoms. The number of aromatic hydroxyl groups is 1. The molecule has 52 heavy (non-hydrogen) atoms. The number of aliphatic hydroxyl groups is 1. The molecule has 2 aliphatic heterocycles. The first kappa shape index (κ1) is 35.9. The number of ether oxygens (including phenoxy) is 6. The lowest BCUT2D eigenvalue weighted by molar-refractivity contribution is -0.112. The molecular weight excluding hydrogens is 660 g/mol. The summed E-state index contributed by atoms with van der Waals surface area (Å²) in [6, 6.07) is 20.9. The van der Waals surface area contributed by atoms with Crippen LogP contribution in [0.3, 0.4) is 0 Å². The largest absolute Gasteiger partial charge is 0.508 e. The van der Waals surface area contributed by atoms with Gasteiger partial charge in [-0.1, -0.05) is 12.1 Å². The Morgan fingerprint density at radius 2 is 1.77 bits per heavy atom. The fraction of sp³-hybridized carbons (Fsp3) is 0.452. The van der Waals surface area contributed by atoms with Gasteiger partial charge in [-0.2, -0.15) is 0 Å². The van der Waals surface area contributed by atoms with Gasteiger partial charge in [-0.25, -0.2) is 4.98 Å². The molecule has 1 saturated carbocycles.